The van der Waals surface area contributed by atoms with Gasteiger partial charge in [-0.2, -0.15) is 0 Å². The van der Waals surface area contributed by atoms with Crippen molar-refractivity contribution >= 4 is 28.9 Å². The topological polar surface area (TPSA) is 63.6 Å². The Balaban J connectivity index is 2.80. The predicted octanol–water partition coefficient (Wildman–Crippen LogP) is 1.93. The molecule has 0 unspecified atom stereocenters. The number of aliphatic hydroxyl groups is 1. The molecule has 0 saturated carbocycles. The van der Waals surface area contributed by atoms with Gasteiger partial charge < -0.3 is 9.84 Å². The second kappa shape index (κ2) is 3.64. The van der Waals surface area contributed by atoms with E-state index in [1.165, 1.54) is 19.2 Å². The lowest BCUT2D eigenvalue weighted by Crippen LogP contribution is -2.22. The highest BCUT2D eigenvalue weighted by molar-refractivity contribution is 6.64. The van der Waals surface area contributed by atoms with Crippen molar-refractivity contribution < 1.29 is 19.4 Å². The van der Waals surface area contributed by atoms with Crippen LogP contribution in [0, 0.1) is 0 Å². The van der Waals surface area contributed by atoms with Crippen LogP contribution in [0.5, 0.6) is 5.75 Å². The molecule has 0 aliphatic heterocycles. The number of rotatable bonds is 1. The van der Waals surface area contributed by atoms with Crippen LogP contribution in [0.1, 0.15) is 15.9 Å². The number of carbonyl (C=O) groups is 2. The second-order valence-corrected chi connectivity index (χ2v) is 3.58. The van der Waals surface area contributed by atoms with E-state index in [-0.39, 0.29) is 22.6 Å². The molecule has 0 saturated heterocycles. The molecule has 4 nitrogen and oxygen atoms in total. The molecule has 16 heavy (non-hydrogen) atoms. The van der Waals surface area contributed by atoms with Gasteiger partial charge in [0.1, 0.15) is 16.5 Å². The monoisotopic (exact) mass is 238 g/mol. The smallest absolute Gasteiger partial charge is 0.248 e. The Kier molecular flexibility index (Phi) is 2.44. The maximum atomic E-state index is 11.7. The number of ketones is 2. The average Bonchev–Trinajstić information content (AvgIpc) is 2.32. The predicted molar refractivity (Wildman–Crippen MR) is 57.7 cm³/mol. The lowest BCUT2D eigenvalue weighted by molar-refractivity contribution is -0.111. The van der Waals surface area contributed by atoms with Gasteiger partial charge in [0.2, 0.25) is 11.6 Å². The number of methoxy groups -OCH3 is 1. The fourth-order valence-corrected chi connectivity index (χ4v) is 1.76. The lowest BCUT2D eigenvalue weighted by atomic mass is 9.93. The number of allylic oxidation sites excluding steroid dienone is 1. The highest BCUT2D eigenvalue weighted by Crippen LogP contribution is 2.34. The number of hydrogen-bond acceptors (Lipinski definition) is 4. The summed E-state index contributed by atoms with van der Waals surface area (Å²) in [6.45, 7) is 0. The van der Waals surface area contributed by atoms with Crippen LogP contribution < -0.4 is 4.74 Å². The molecule has 1 aromatic carbocycles. The summed E-state index contributed by atoms with van der Waals surface area (Å²) < 4.78 is 4.97. The van der Waals surface area contributed by atoms with E-state index in [1.54, 1.807) is 6.07 Å². The van der Waals surface area contributed by atoms with Crippen LogP contribution in [0.15, 0.2) is 23.2 Å². The lowest BCUT2D eigenvalue weighted by Gasteiger charge is -2.16. The van der Waals surface area contributed by atoms with Crippen molar-refractivity contribution in [2.24, 2.45) is 0 Å². The molecule has 82 valence electrons. The van der Waals surface area contributed by atoms with Crippen molar-refractivity contribution in [3.8, 4) is 5.75 Å². The van der Waals surface area contributed by atoms with E-state index in [1.807, 2.05) is 0 Å². The summed E-state index contributed by atoms with van der Waals surface area (Å²) in [6, 6.07) is 4.64. The average molecular weight is 239 g/mol. The largest absolute Gasteiger partial charge is 0.506 e. The first-order valence-electron chi connectivity index (χ1n) is 4.43. The van der Waals surface area contributed by atoms with Crippen molar-refractivity contribution in [3.05, 3.63) is 34.4 Å². The summed E-state index contributed by atoms with van der Waals surface area (Å²) in [4.78, 5) is 23.1. The summed E-state index contributed by atoms with van der Waals surface area (Å²) in [7, 11) is 1.38. The Morgan fingerprint density at radius 3 is 2.56 bits per heavy atom. The number of hydrogen-bond donors (Lipinski definition) is 1. The van der Waals surface area contributed by atoms with Crippen molar-refractivity contribution in [3.63, 3.8) is 0 Å². The Morgan fingerprint density at radius 2 is 1.94 bits per heavy atom. The van der Waals surface area contributed by atoms with Gasteiger partial charge in [0, 0.05) is 5.56 Å². The van der Waals surface area contributed by atoms with Crippen molar-refractivity contribution in [2.75, 3.05) is 7.11 Å². The molecule has 0 heterocycles. The highest BCUT2D eigenvalue weighted by Gasteiger charge is 2.34. The normalized spacial score (nSPS) is 15.1. The number of benzene rings is 1. The van der Waals surface area contributed by atoms with Crippen LogP contribution in [0.3, 0.4) is 0 Å². The molecule has 1 aliphatic rings. The fourth-order valence-electron chi connectivity index (χ4n) is 1.57. The van der Waals surface area contributed by atoms with Gasteiger partial charge in [-0.1, -0.05) is 23.7 Å². The minimum Gasteiger partial charge on any atom is -0.506 e. The quantitative estimate of drug-likeness (QED) is 0.760. The highest BCUT2D eigenvalue weighted by atomic mass is 35.5. The Bertz CT molecular complexity index is 531. The second-order valence-electron chi connectivity index (χ2n) is 3.20. The van der Waals surface area contributed by atoms with E-state index in [0.717, 1.165) is 0 Å². The van der Waals surface area contributed by atoms with Crippen LogP contribution >= 0.6 is 11.6 Å². The van der Waals surface area contributed by atoms with Gasteiger partial charge in [-0.05, 0) is 6.07 Å². The molecule has 1 aromatic rings. The number of fused-ring (bicyclic) bond motifs is 1. The molecule has 1 N–H and O–H groups in total. The van der Waals surface area contributed by atoms with Gasteiger partial charge in [-0.25, -0.2) is 0 Å². The van der Waals surface area contributed by atoms with E-state index in [9.17, 15) is 14.7 Å². The van der Waals surface area contributed by atoms with E-state index in [2.05, 4.69) is 0 Å². The summed E-state index contributed by atoms with van der Waals surface area (Å²) in [5, 5.41) is 9.20. The van der Waals surface area contributed by atoms with Crippen LogP contribution in [0.25, 0.3) is 5.76 Å². The molecule has 0 spiro atoms. The molecular weight excluding hydrogens is 232 g/mol. The molecule has 0 atom stereocenters. The van der Waals surface area contributed by atoms with Crippen LogP contribution in [0.4, 0.5) is 0 Å². The molecule has 0 fully saturated rings. The van der Waals surface area contributed by atoms with Crippen LogP contribution in [-0.2, 0) is 4.79 Å². The number of Topliss-reactive ketones (excluding diaryl/α,β-unsaturated/α-hetero) is 2. The SMILES string of the molecule is COc1cccc2c1C(=O)C(=O)C(Cl)=C2O. The molecule has 1 aliphatic carbocycles. The first-order chi connectivity index (χ1) is 7.57. The van der Waals surface area contributed by atoms with Gasteiger partial charge in [0.15, 0.2) is 0 Å². The number of ether oxygens (including phenoxy) is 1. The zero-order chi connectivity index (χ0) is 11.9. The van der Waals surface area contributed by atoms with E-state index in [0.29, 0.717) is 0 Å². The minimum atomic E-state index is -0.920. The fraction of sp³-hybridized carbons (Fsp3) is 0.0909. The molecular formula is C11H7ClO4. The Hall–Kier alpha value is -1.81. The first kappa shape index (κ1) is 10.7. The summed E-state index contributed by atoms with van der Waals surface area (Å²) in [5.41, 5.74) is 0.269. The van der Waals surface area contributed by atoms with Gasteiger partial charge in [-0.15, -0.1) is 0 Å². The number of aliphatic hydroxyl groups excluding tert-OH is 1. The molecule has 0 bridgehead atoms. The molecule has 0 radical (unpaired) electrons. The van der Waals surface area contributed by atoms with Gasteiger partial charge in [-0.3, -0.25) is 9.59 Å². The maximum absolute atomic E-state index is 11.7. The first-order valence-corrected chi connectivity index (χ1v) is 4.81. The standard InChI is InChI=1S/C11H7ClO4/c1-16-6-4-2-3-5-7(6)10(14)11(15)8(12)9(5)13/h2-4,13H,1H3. The van der Waals surface area contributed by atoms with Crippen LogP contribution in [-0.4, -0.2) is 23.8 Å². The van der Waals surface area contributed by atoms with Gasteiger partial charge in [0.05, 0.1) is 12.7 Å². The third kappa shape index (κ3) is 1.31. The third-order valence-corrected chi connectivity index (χ3v) is 2.69. The van der Waals surface area contributed by atoms with Crippen molar-refractivity contribution in [2.45, 2.75) is 0 Å². The third-order valence-electron chi connectivity index (χ3n) is 2.34. The summed E-state index contributed by atoms with van der Waals surface area (Å²) >= 11 is 5.55. The van der Waals surface area contributed by atoms with E-state index >= 15 is 0 Å². The van der Waals surface area contributed by atoms with Gasteiger partial charge >= 0.3 is 0 Å². The van der Waals surface area contributed by atoms with E-state index < -0.39 is 16.6 Å². The summed E-state index contributed by atoms with van der Waals surface area (Å²) in [6.07, 6.45) is 0. The van der Waals surface area contributed by atoms with Crippen molar-refractivity contribution in [1.82, 2.24) is 0 Å². The summed E-state index contributed by atoms with van der Waals surface area (Å²) in [5.74, 6) is -1.84. The molecule has 5 heteroatoms. The van der Waals surface area contributed by atoms with Gasteiger partial charge in [0.25, 0.3) is 0 Å². The molecule has 2 rings (SSSR count). The Morgan fingerprint density at radius 1 is 1.25 bits per heavy atom. The zero-order valence-electron chi connectivity index (χ0n) is 8.28. The number of carbonyl (C=O) groups excluding carboxylic acids is 2. The molecule has 0 amide bonds. The van der Waals surface area contributed by atoms with E-state index in [4.69, 9.17) is 16.3 Å². The maximum Gasteiger partial charge on any atom is 0.248 e. The van der Waals surface area contributed by atoms with Crippen molar-refractivity contribution in [1.29, 1.82) is 0 Å². The molecule has 0 aromatic heterocycles. The minimum absolute atomic E-state index is 0.0527. The van der Waals surface area contributed by atoms with Crippen LogP contribution in [0.2, 0.25) is 0 Å². The zero-order valence-corrected chi connectivity index (χ0v) is 9.04. The Labute approximate surface area is 96.1 Å². The number of halogens is 1.